The summed E-state index contributed by atoms with van der Waals surface area (Å²) in [4.78, 5) is 36.7. The van der Waals surface area contributed by atoms with Crippen LogP contribution < -0.4 is 0 Å². The van der Waals surface area contributed by atoms with Crippen LogP contribution in [0.15, 0.2) is 261 Å². The monoisotopic (exact) mass is 1050 g/mol. The Morgan fingerprint density at radius 1 is 0.293 bits per heavy atom. The molecule has 0 saturated heterocycles. The van der Waals surface area contributed by atoms with Crippen molar-refractivity contribution in [3.63, 3.8) is 0 Å². The lowest BCUT2D eigenvalue weighted by atomic mass is 9.99. The molecule has 1 aliphatic carbocycles. The van der Waals surface area contributed by atoms with Crippen molar-refractivity contribution in [2.75, 3.05) is 0 Å². The Bertz CT molecular complexity index is 5070. The van der Waals surface area contributed by atoms with Crippen LogP contribution >= 0.6 is 0 Å². The van der Waals surface area contributed by atoms with Crippen molar-refractivity contribution in [3.8, 4) is 79.6 Å². The van der Waals surface area contributed by atoms with E-state index in [1.807, 2.05) is 18.2 Å². The highest BCUT2D eigenvalue weighted by Crippen LogP contribution is 2.38. The van der Waals surface area contributed by atoms with E-state index in [-0.39, 0.29) is 0 Å². The minimum Gasteiger partial charge on any atom is -0.278 e. The van der Waals surface area contributed by atoms with E-state index < -0.39 is 0 Å². The zero-order valence-electron chi connectivity index (χ0n) is 44.3. The van der Waals surface area contributed by atoms with Gasteiger partial charge in [0.2, 0.25) is 11.9 Å². The number of pyridine rings is 2. The molecule has 9 aromatic carbocycles. The van der Waals surface area contributed by atoms with Crippen LogP contribution in [0.2, 0.25) is 0 Å². The molecule has 9 nitrogen and oxygen atoms in total. The average Bonchev–Trinajstić information content (AvgIpc) is 4.10. The van der Waals surface area contributed by atoms with Crippen LogP contribution in [0, 0.1) is 0 Å². The van der Waals surface area contributed by atoms with Crippen LogP contribution in [0.25, 0.3) is 151 Å². The molecular weight excluding hydrogens is 1000 g/mol. The van der Waals surface area contributed by atoms with Gasteiger partial charge >= 0.3 is 0 Å². The molecule has 6 aromatic heterocycles. The quantitative estimate of drug-likeness (QED) is 0.142. The molecule has 0 bridgehead atoms. The smallest absolute Gasteiger partial charge is 0.240 e. The predicted octanol–water partition coefficient (Wildman–Crippen LogP) is 17.7. The number of allylic oxidation sites excluding steroid dienone is 4. The largest absolute Gasteiger partial charge is 0.278 e. The lowest BCUT2D eigenvalue weighted by Crippen LogP contribution is -2.10. The van der Waals surface area contributed by atoms with Gasteiger partial charge in [0.05, 0.1) is 55.9 Å². The van der Waals surface area contributed by atoms with Crippen LogP contribution in [-0.4, -0.2) is 44.0 Å². The summed E-state index contributed by atoms with van der Waals surface area (Å²) < 4.78 is 4.35. The Morgan fingerprint density at radius 2 is 0.817 bits per heavy atom. The fourth-order valence-electron chi connectivity index (χ4n) is 11.8. The number of hydrogen-bond donors (Lipinski definition) is 0. The number of nitrogens with zero attached hydrogens (tertiary/aromatic N) is 9. The van der Waals surface area contributed by atoms with Gasteiger partial charge in [0.1, 0.15) is 0 Å². The van der Waals surface area contributed by atoms with Gasteiger partial charge in [-0.05, 0) is 108 Å². The van der Waals surface area contributed by atoms with E-state index in [0.29, 0.717) is 23.5 Å². The van der Waals surface area contributed by atoms with Crippen LogP contribution in [0.5, 0.6) is 0 Å². The minimum absolute atomic E-state index is 0.515. The molecule has 1 aliphatic rings. The fraction of sp³-hybridized carbons (Fsp3) is 0.0274. The van der Waals surface area contributed by atoms with Gasteiger partial charge in [-0.15, -0.1) is 0 Å². The van der Waals surface area contributed by atoms with Crippen LogP contribution in [-0.2, 0) is 0 Å². The van der Waals surface area contributed by atoms with Gasteiger partial charge in [0.15, 0.2) is 11.6 Å². The molecule has 0 N–H and O–H groups in total. The summed E-state index contributed by atoms with van der Waals surface area (Å²) in [5.41, 5.74) is 17.7. The number of fused-ring (bicyclic) bond motifs is 8. The summed E-state index contributed by atoms with van der Waals surface area (Å²) in [7, 11) is 0. The number of rotatable bonds is 9. The van der Waals surface area contributed by atoms with Crippen molar-refractivity contribution >= 4 is 71.0 Å². The van der Waals surface area contributed by atoms with Crippen LogP contribution in [0.4, 0.5) is 0 Å². The molecule has 0 amide bonds. The molecule has 0 unspecified atom stereocenters. The lowest BCUT2D eigenvalue weighted by molar-refractivity contribution is 0.893. The molecule has 384 valence electrons. The summed E-state index contributed by atoms with van der Waals surface area (Å²) in [6.07, 6.45) is 8.45. The van der Waals surface area contributed by atoms with Crippen molar-refractivity contribution in [3.05, 3.63) is 267 Å². The van der Waals surface area contributed by atoms with Gasteiger partial charge in [-0.3, -0.25) is 9.13 Å². The summed E-state index contributed by atoms with van der Waals surface area (Å²) in [6, 6.07) is 84.6. The molecule has 0 radical (unpaired) electrons. The zero-order chi connectivity index (χ0) is 54.1. The summed E-state index contributed by atoms with van der Waals surface area (Å²) in [5.74, 6) is 2.28. The van der Waals surface area contributed by atoms with Gasteiger partial charge in [-0.2, -0.15) is 15.0 Å². The van der Waals surface area contributed by atoms with E-state index in [1.54, 1.807) is 0 Å². The van der Waals surface area contributed by atoms with Crippen LogP contribution in [0.3, 0.4) is 0 Å². The third kappa shape index (κ3) is 8.21. The van der Waals surface area contributed by atoms with E-state index in [1.165, 1.54) is 5.57 Å². The predicted molar refractivity (Wildman–Crippen MR) is 334 cm³/mol. The molecule has 0 aliphatic heterocycles. The van der Waals surface area contributed by atoms with E-state index in [2.05, 4.69) is 252 Å². The van der Waals surface area contributed by atoms with Crippen molar-refractivity contribution in [2.45, 2.75) is 12.8 Å². The normalized spacial score (nSPS) is 12.6. The Labute approximate surface area is 471 Å². The Balaban J connectivity index is 0.783. The molecule has 15 aromatic rings. The highest BCUT2D eigenvalue weighted by Gasteiger charge is 2.22. The first kappa shape index (κ1) is 47.0. The number of hydrogen-bond acceptors (Lipinski definition) is 7. The molecular formula is C73H47N9. The van der Waals surface area contributed by atoms with Gasteiger partial charge < -0.3 is 0 Å². The molecule has 0 atom stereocenters. The number of aromatic nitrogens is 9. The first-order valence-electron chi connectivity index (χ1n) is 27.7. The molecule has 0 saturated carbocycles. The summed E-state index contributed by atoms with van der Waals surface area (Å²) >= 11 is 0. The van der Waals surface area contributed by atoms with Crippen LogP contribution in [0.1, 0.15) is 18.5 Å². The second kappa shape index (κ2) is 19.4. The van der Waals surface area contributed by atoms with Crippen molar-refractivity contribution in [1.29, 1.82) is 0 Å². The lowest BCUT2D eigenvalue weighted by Gasteiger charge is -2.13. The first-order chi connectivity index (χ1) is 40.6. The van der Waals surface area contributed by atoms with E-state index >= 15 is 0 Å². The van der Waals surface area contributed by atoms with Crippen molar-refractivity contribution in [2.24, 2.45) is 0 Å². The maximum absolute atomic E-state index is 5.43. The summed E-state index contributed by atoms with van der Waals surface area (Å²) in [5, 5.41) is 6.58. The second-order valence-electron chi connectivity index (χ2n) is 20.9. The second-order valence-corrected chi connectivity index (χ2v) is 20.9. The standard InChI is InChI=1S/C73H47N9/c1-3-17-46(18-4-1)64-45-65(47-19-5-2-6-20-47)77-70(76-64)54-24-15-22-51(42-54)62-39-35-53-41-49(34-38-63(53)75-62)50-36-40-69-59(44-50)58-28-10-14-32-68(58)82(69)73-79-71(55-25-16-23-52(43-55)61-37-33-48-21-7-11-29-60(48)74-61)78-72(80-73)81-66-30-12-8-26-56(66)57-27-9-13-31-67(57)81/h1-5,7-19,21-45H,6,20H2. The molecule has 0 fully saturated rings. The van der Waals surface area contributed by atoms with Gasteiger partial charge in [0.25, 0.3) is 0 Å². The third-order valence-electron chi connectivity index (χ3n) is 15.9. The van der Waals surface area contributed by atoms with E-state index in [4.69, 9.17) is 34.9 Å². The number of benzene rings is 9. The van der Waals surface area contributed by atoms with Crippen molar-refractivity contribution < 1.29 is 0 Å². The van der Waals surface area contributed by atoms with E-state index in [0.717, 1.165) is 140 Å². The summed E-state index contributed by atoms with van der Waals surface area (Å²) in [6.45, 7) is 0. The van der Waals surface area contributed by atoms with E-state index in [9.17, 15) is 0 Å². The Kier molecular flexibility index (Phi) is 11.1. The Morgan fingerprint density at radius 3 is 1.49 bits per heavy atom. The minimum atomic E-state index is 0.515. The highest BCUT2D eigenvalue weighted by atomic mass is 15.3. The molecule has 0 spiro atoms. The molecule has 9 heteroatoms. The highest BCUT2D eigenvalue weighted by molar-refractivity contribution is 6.11. The SMILES string of the molecule is C1=CCCC(c2cc(-c3ccccc3)nc(-c3cccc(-c4ccc5cc(-c6ccc7c(c6)c6ccccc6n7-c6nc(-c7cccc(-c8ccc9ccccc9n8)c7)nc(-n7c8ccccc8c8ccccc87)n6)ccc5n4)c3)n2)=C1. The molecule has 6 heterocycles. The third-order valence-corrected chi connectivity index (χ3v) is 15.9. The topological polar surface area (TPSA) is 100 Å². The first-order valence-corrected chi connectivity index (χ1v) is 27.7. The van der Waals surface area contributed by atoms with Gasteiger partial charge in [0, 0.05) is 60.1 Å². The fourth-order valence-corrected chi connectivity index (χ4v) is 11.8. The average molecular weight is 1050 g/mol. The molecule has 82 heavy (non-hydrogen) atoms. The Hall–Kier alpha value is -11.0. The van der Waals surface area contributed by atoms with Gasteiger partial charge in [-0.1, -0.05) is 182 Å². The zero-order valence-corrected chi connectivity index (χ0v) is 44.3. The van der Waals surface area contributed by atoms with Gasteiger partial charge in [-0.25, -0.2) is 19.9 Å². The molecule has 16 rings (SSSR count). The maximum Gasteiger partial charge on any atom is 0.240 e. The maximum atomic E-state index is 5.43. The number of para-hydroxylation sites is 4. The van der Waals surface area contributed by atoms with Crippen molar-refractivity contribution in [1.82, 2.24) is 44.0 Å².